The van der Waals surface area contributed by atoms with Gasteiger partial charge in [-0.3, -0.25) is 0 Å². The lowest BCUT2D eigenvalue weighted by atomic mass is 10.0. The van der Waals surface area contributed by atoms with Crippen molar-refractivity contribution in [3.05, 3.63) is 28.8 Å². The zero-order chi connectivity index (χ0) is 9.97. The summed E-state index contributed by atoms with van der Waals surface area (Å²) in [5.74, 6) is 2.23. The first-order chi connectivity index (χ1) is 6.79. The summed E-state index contributed by atoms with van der Waals surface area (Å²) in [6.07, 6.45) is 7.40. The molecule has 0 bridgehead atoms. The lowest BCUT2D eigenvalue weighted by Crippen LogP contribution is -2.03. The van der Waals surface area contributed by atoms with Gasteiger partial charge in [-0.25, -0.2) is 0 Å². The van der Waals surface area contributed by atoms with Crippen LogP contribution in [0.2, 0.25) is 0 Å². The van der Waals surface area contributed by atoms with Crippen LogP contribution in [-0.2, 0) is 12.8 Å². The lowest BCUT2D eigenvalue weighted by molar-refractivity contribution is 0.456. The van der Waals surface area contributed by atoms with E-state index in [1.54, 1.807) is 0 Å². The van der Waals surface area contributed by atoms with Gasteiger partial charge < -0.3 is 10.2 Å². The Kier molecular flexibility index (Phi) is 2.62. The molecule has 2 nitrogen and oxygen atoms in total. The van der Waals surface area contributed by atoms with Gasteiger partial charge in [0.2, 0.25) is 0 Å². The van der Waals surface area contributed by atoms with Gasteiger partial charge >= 0.3 is 0 Å². The third-order valence-corrected chi connectivity index (χ3v) is 2.65. The van der Waals surface area contributed by atoms with Crippen molar-refractivity contribution in [3.63, 3.8) is 0 Å². The fourth-order valence-corrected chi connectivity index (χ4v) is 1.82. The van der Waals surface area contributed by atoms with Crippen molar-refractivity contribution in [3.8, 4) is 0 Å². The van der Waals surface area contributed by atoms with Crippen molar-refractivity contribution in [1.29, 1.82) is 0 Å². The SMILES string of the molecule is CCCCc1cc2c(o1)CCC(N)=C2. The highest BCUT2D eigenvalue weighted by molar-refractivity contribution is 5.57. The summed E-state index contributed by atoms with van der Waals surface area (Å²) < 4.78 is 5.76. The van der Waals surface area contributed by atoms with Crippen LogP contribution in [0, 0.1) is 0 Å². The second kappa shape index (κ2) is 3.91. The molecule has 76 valence electrons. The normalized spacial score (nSPS) is 15.1. The monoisotopic (exact) mass is 191 g/mol. The van der Waals surface area contributed by atoms with Crippen LogP contribution in [0.15, 0.2) is 16.2 Å². The number of aryl methyl sites for hydroxylation is 2. The summed E-state index contributed by atoms with van der Waals surface area (Å²) in [6, 6.07) is 2.14. The van der Waals surface area contributed by atoms with E-state index in [1.807, 2.05) is 6.08 Å². The van der Waals surface area contributed by atoms with Crippen molar-refractivity contribution in [1.82, 2.24) is 0 Å². The van der Waals surface area contributed by atoms with Gasteiger partial charge in [-0.1, -0.05) is 13.3 Å². The highest BCUT2D eigenvalue weighted by Crippen LogP contribution is 2.25. The molecule has 1 aliphatic carbocycles. The number of furan rings is 1. The molecule has 0 saturated heterocycles. The molecular formula is C12H17NO. The number of hydrogen-bond donors (Lipinski definition) is 1. The Morgan fingerprint density at radius 2 is 2.29 bits per heavy atom. The Bertz CT molecular complexity index is 349. The molecule has 0 radical (unpaired) electrons. The van der Waals surface area contributed by atoms with Gasteiger partial charge in [0, 0.05) is 24.1 Å². The molecule has 2 N–H and O–H groups in total. The van der Waals surface area contributed by atoms with Crippen molar-refractivity contribution in [2.75, 3.05) is 0 Å². The van der Waals surface area contributed by atoms with Gasteiger partial charge in [0.15, 0.2) is 0 Å². The summed E-state index contributed by atoms with van der Waals surface area (Å²) in [6.45, 7) is 2.20. The van der Waals surface area contributed by atoms with E-state index in [-0.39, 0.29) is 0 Å². The van der Waals surface area contributed by atoms with Crippen LogP contribution in [0.1, 0.15) is 43.3 Å². The molecule has 0 fully saturated rings. The zero-order valence-corrected chi connectivity index (χ0v) is 8.68. The number of rotatable bonds is 3. The van der Waals surface area contributed by atoms with Crippen LogP contribution in [-0.4, -0.2) is 0 Å². The fraction of sp³-hybridized carbons (Fsp3) is 0.500. The van der Waals surface area contributed by atoms with Crippen LogP contribution < -0.4 is 5.73 Å². The molecule has 1 aliphatic rings. The molecule has 1 aromatic rings. The van der Waals surface area contributed by atoms with Crippen LogP contribution in [0.25, 0.3) is 6.08 Å². The molecule has 0 spiro atoms. The molecular weight excluding hydrogens is 174 g/mol. The standard InChI is InChI=1S/C12H17NO/c1-2-3-4-11-8-9-7-10(13)5-6-12(9)14-11/h7-8H,2-6,13H2,1H3. The molecule has 0 aliphatic heterocycles. The van der Waals surface area contributed by atoms with Gasteiger partial charge in [-0.05, 0) is 25.0 Å². The molecule has 1 aromatic heterocycles. The average Bonchev–Trinajstić information content (AvgIpc) is 2.56. The third-order valence-electron chi connectivity index (χ3n) is 2.65. The van der Waals surface area contributed by atoms with Gasteiger partial charge in [-0.2, -0.15) is 0 Å². The first-order valence-corrected chi connectivity index (χ1v) is 5.37. The van der Waals surface area contributed by atoms with E-state index in [4.69, 9.17) is 10.2 Å². The third kappa shape index (κ3) is 1.84. The first-order valence-electron chi connectivity index (χ1n) is 5.37. The second-order valence-electron chi connectivity index (χ2n) is 3.91. The topological polar surface area (TPSA) is 39.2 Å². The second-order valence-corrected chi connectivity index (χ2v) is 3.91. The molecule has 0 amide bonds. The maximum Gasteiger partial charge on any atom is 0.111 e. The highest BCUT2D eigenvalue weighted by Gasteiger charge is 2.13. The van der Waals surface area contributed by atoms with Crippen molar-refractivity contribution < 1.29 is 4.42 Å². The van der Waals surface area contributed by atoms with Gasteiger partial charge in [0.05, 0.1) is 0 Å². The molecule has 14 heavy (non-hydrogen) atoms. The summed E-state index contributed by atoms with van der Waals surface area (Å²) in [5, 5.41) is 0. The van der Waals surface area contributed by atoms with E-state index in [9.17, 15) is 0 Å². The predicted molar refractivity (Wildman–Crippen MR) is 57.8 cm³/mol. The molecule has 0 atom stereocenters. The van der Waals surface area contributed by atoms with Crippen molar-refractivity contribution >= 4 is 6.08 Å². The Labute approximate surface area is 84.8 Å². The number of nitrogens with two attached hydrogens (primary N) is 1. The van der Waals surface area contributed by atoms with E-state index >= 15 is 0 Å². The summed E-state index contributed by atoms with van der Waals surface area (Å²) in [5.41, 5.74) is 7.95. The first kappa shape index (κ1) is 9.38. The summed E-state index contributed by atoms with van der Waals surface area (Å²) >= 11 is 0. The Balaban J connectivity index is 2.16. The number of hydrogen-bond acceptors (Lipinski definition) is 2. The van der Waals surface area contributed by atoms with Gasteiger partial charge in [-0.15, -0.1) is 0 Å². The predicted octanol–water partition coefficient (Wildman–Crippen LogP) is 2.87. The zero-order valence-electron chi connectivity index (χ0n) is 8.68. The smallest absolute Gasteiger partial charge is 0.111 e. The van der Waals surface area contributed by atoms with E-state index < -0.39 is 0 Å². The van der Waals surface area contributed by atoms with E-state index in [0.717, 1.165) is 36.5 Å². The minimum absolute atomic E-state index is 0.938. The summed E-state index contributed by atoms with van der Waals surface area (Å²) in [7, 11) is 0. The van der Waals surface area contributed by atoms with Crippen LogP contribution in [0.4, 0.5) is 0 Å². The maximum absolute atomic E-state index is 5.78. The molecule has 1 heterocycles. The van der Waals surface area contributed by atoms with Crippen molar-refractivity contribution in [2.45, 2.75) is 39.0 Å². The van der Waals surface area contributed by atoms with E-state index in [1.165, 1.54) is 18.4 Å². The number of unbranched alkanes of at least 4 members (excludes halogenated alkanes) is 1. The van der Waals surface area contributed by atoms with Gasteiger partial charge in [0.1, 0.15) is 11.5 Å². The van der Waals surface area contributed by atoms with Crippen molar-refractivity contribution in [2.24, 2.45) is 5.73 Å². The molecule has 2 heteroatoms. The van der Waals surface area contributed by atoms with Crippen LogP contribution in [0.3, 0.4) is 0 Å². The maximum atomic E-state index is 5.78. The Morgan fingerprint density at radius 3 is 3.07 bits per heavy atom. The quantitative estimate of drug-likeness (QED) is 0.797. The summed E-state index contributed by atoms with van der Waals surface area (Å²) in [4.78, 5) is 0. The average molecular weight is 191 g/mol. The van der Waals surface area contributed by atoms with E-state index in [0.29, 0.717) is 0 Å². The Morgan fingerprint density at radius 1 is 1.43 bits per heavy atom. The Hall–Kier alpha value is -1.18. The number of fused-ring (bicyclic) bond motifs is 1. The largest absolute Gasteiger partial charge is 0.465 e. The molecule has 0 aromatic carbocycles. The minimum Gasteiger partial charge on any atom is -0.465 e. The minimum atomic E-state index is 0.938. The highest BCUT2D eigenvalue weighted by atomic mass is 16.3. The number of allylic oxidation sites excluding steroid dienone is 1. The van der Waals surface area contributed by atoms with Crippen LogP contribution in [0.5, 0.6) is 0 Å². The van der Waals surface area contributed by atoms with Crippen LogP contribution >= 0.6 is 0 Å². The molecule has 0 unspecified atom stereocenters. The van der Waals surface area contributed by atoms with Gasteiger partial charge in [0.25, 0.3) is 0 Å². The molecule has 2 rings (SSSR count). The molecule has 0 saturated carbocycles. The lowest BCUT2D eigenvalue weighted by Gasteiger charge is -2.06. The van der Waals surface area contributed by atoms with E-state index in [2.05, 4.69) is 13.0 Å². The fourth-order valence-electron chi connectivity index (χ4n) is 1.82.